The van der Waals surface area contributed by atoms with E-state index in [1.54, 1.807) is 18.4 Å². The molecule has 0 aliphatic heterocycles. The van der Waals surface area contributed by atoms with Crippen molar-refractivity contribution in [2.45, 2.75) is 20.4 Å². The van der Waals surface area contributed by atoms with Crippen molar-refractivity contribution in [2.24, 2.45) is 0 Å². The van der Waals surface area contributed by atoms with Crippen LogP contribution >= 0.6 is 27.3 Å². The van der Waals surface area contributed by atoms with Gasteiger partial charge in [0.2, 0.25) is 0 Å². The highest BCUT2D eigenvalue weighted by Crippen LogP contribution is 2.32. The number of nitrogens with one attached hydrogen (secondary N) is 1. The maximum atomic E-state index is 5.39. The van der Waals surface area contributed by atoms with Gasteiger partial charge in [-0.1, -0.05) is 15.9 Å². The number of aromatic nitrogens is 1. The molecule has 0 amide bonds. The van der Waals surface area contributed by atoms with Gasteiger partial charge in [0.15, 0.2) is 0 Å². The number of halogens is 1. The van der Waals surface area contributed by atoms with Crippen LogP contribution in [-0.4, -0.2) is 12.1 Å². The maximum Gasteiger partial charge on any atom is 0.143 e. The zero-order valence-corrected chi connectivity index (χ0v) is 13.0. The van der Waals surface area contributed by atoms with Crippen molar-refractivity contribution >= 4 is 33.0 Å². The fraction of sp³-hybridized carbons (Fsp3) is 0.308. The molecule has 0 saturated heterocycles. The Morgan fingerprint density at radius 1 is 1.39 bits per heavy atom. The van der Waals surface area contributed by atoms with Crippen LogP contribution < -0.4 is 10.1 Å². The lowest BCUT2D eigenvalue weighted by atomic mass is 10.2. The maximum absolute atomic E-state index is 5.39. The zero-order chi connectivity index (χ0) is 13.1. The van der Waals surface area contributed by atoms with Gasteiger partial charge in [-0.25, -0.2) is 4.98 Å². The van der Waals surface area contributed by atoms with Gasteiger partial charge >= 0.3 is 0 Å². The monoisotopic (exact) mass is 326 g/mol. The van der Waals surface area contributed by atoms with Gasteiger partial charge in [-0.15, -0.1) is 11.3 Å². The van der Waals surface area contributed by atoms with Crippen molar-refractivity contribution in [2.75, 3.05) is 12.4 Å². The van der Waals surface area contributed by atoms with Crippen molar-refractivity contribution in [1.82, 2.24) is 4.98 Å². The van der Waals surface area contributed by atoms with E-state index in [2.05, 4.69) is 44.6 Å². The average Bonchev–Trinajstić information content (AvgIpc) is 2.73. The van der Waals surface area contributed by atoms with Gasteiger partial charge in [0, 0.05) is 15.5 Å². The molecule has 0 fully saturated rings. The highest BCUT2D eigenvalue weighted by Gasteiger charge is 2.08. The van der Waals surface area contributed by atoms with Gasteiger partial charge in [-0.3, -0.25) is 0 Å². The van der Waals surface area contributed by atoms with Crippen LogP contribution in [0.4, 0.5) is 5.69 Å². The number of anilines is 1. The molecule has 0 radical (unpaired) electrons. The number of aryl methyl sites for hydroxylation is 2. The molecule has 2 rings (SSSR count). The van der Waals surface area contributed by atoms with Gasteiger partial charge in [0.25, 0.3) is 0 Å². The van der Waals surface area contributed by atoms with Gasteiger partial charge in [-0.05, 0) is 31.5 Å². The van der Waals surface area contributed by atoms with Crippen molar-refractivity contribution < 1.29 is 4.74 Å². The quantitative estimate of drug-likeness (QED) is 0.916. The predicted molar refractivity (Wildman–Crippen MR) is 79.6 cm³/mol. The lowest BCUT2D eigenvalue weighted by molar-refractivity contribution is 0.416. The first-order valence-electron chi connectivity index (χ1n) is 5.59. The lowest BCUT2D eigenvalue weighted by Gasteiger charge is -2.13. The summed E-state index contributed by atoms with van der Waals surface area (Å²) in [6, 6.07) is 4.03. The Labute approximate surface area is 119 Å². The molecule has 1 aromatic heterocycles. The Morgan fingerprint density at radius 2 is 2.17 bits per heavy atom. The minimum absolute atomic E-state index is 0.720. The van der Waals surface area contributed by atoms with E-state index >= 15 is 0 Å². The number of nitrogens with zero attached hydrogens (tertiary/aromatic N) is 1. The molecule has 0 unspecified atom stereocenters. The molecule has 1 heterocycles. The Bertz CT molecular complexity index is 554. The zero-order valence-electron chi connectivity index (χ0n) is 10.6. The van der Waals surface area contributed by atoms with Crippen LogP contribution in [0.1, 0.15) is 16.3 Å². The van der Waals surface area contributed by atoms with Crippen LogP contribution in [0.3, 0.4) is 0 Å². The standard InChI is InChI=1S/C13H15BrN2OS/c1-8-4-10(14)5-11(17-3)13(8)15-6-12-16-9(2)7-18-12/h4-5,7,15H,6H2,1-3H3. The normalized spacial score (nSPS) is 10.4. The second-order valence-electron chi connectivity index (χ2n) is 4.04. The molecule has 0 aliphatic rings. The van der Waals surface area contributed by atoms with Crippen LogP contribution in [-0.2, 0) is 6.54 Å². The van der Waals surface area contributed by atoms with Gasteiger partial charge in [-0.2, -0.15) is 0 Å². The fourth-order valence-corrected chi connectivity index (χ4v) is 3.01. The van der Waals surface area contributed by atoms with Crippen LogP contribution in [0.2, 0.25) is 0 Å². The number of rotatable bonds is 4. The molecule has 96 valence electrons. The topological polar surface area (TPSA) is 34.1 Å². The van der Waals surface area contributed by atoms with E-state index in [4.69, 9.17) is 4.74 Å². The first-order chi connectivity index (χ1) is 8.60. The van der Waals surface area contributed by atoms with Gasteiger partial charge < -0.3 is 10.1 Å². The molecule has 0 bridgehead atoms. The first-order valence-corrected chi connectivity index (χ1v) is 7.26. The van der Waals surface area contributed by atoms with Crippen LogP contribution in [0.5, 0.6) is 5.75 Å². The summed E-state index contributed by atoms with van der Waals surface area (Å²) in [4.78, 5) is 4.43. The minimum atomic E-state index is 0.720. The summed E-state index contributed by atoms with van der Waals surface area (Å²) in [5.41, 5.74) is 3.24. The van der Waals surface area contributed by atoms with Crippen molar-refractivity contribution in [1.29, 1.82) is 0 Å². The molecule has 0 spiro atoms. The first kappa shape index (κ1) is 13.4. The Balaban J connectivity index is 2.18. The molecular formula is C13H15BrN2OS. The lowest BCUT2D eigenvalue weighted by Crippen LogP contribution is -2.03. The summed E-state index contributed by atoms with van der Waals surface area (Å²) in [5.74, 6) is 0.843. The largest absolute Gasteiger partial charge is 0.495 e. The number of methoxy groups -OCH3 is 1. The number of benzene rings is 1. The smallest absolute Gasteiger partial charge is 0.143 e. The third-order valence-corrected chi connectivity index (χ3v) is 3.99. The Hall–Kier alpha value is -1.07. The van der Waals surface area contributed by atoms with Gasteiger partial charge in [0.05, 0.1) is 19.3 Å². The molecule has 0 atom stereocenters. The molecule has 1 N–H and O–H groups in total. The molecular weight excluding hydrogens is 312 g/mol. The summed E-state index contributed by atoms with van der Waals surface area (Å²) >= 11 is 5.14. The summed E-state index contributed by atoms with van der Waals surface area (Å²) < 4.78 is 6.41. The molecule has 18 heavy (non-hydrogen) atoms. The Morgan fingerprint density at radius 3 is 2.78 bits per heavy atom. The third-order valence-electron chi connectivity index (χ3n) is 2.57. The predicted octanol–water partition coefficient (Wildman–Crippen LogP) is 4.14. The second-order valence-corrected chi connectivity index (χ2v) is 5.89. The van der Waals surface area contributed by atoms with Crippen LogP contribution in [0.25, 0.3) is 0 Å². The number of hydrogen-bond donors (Lipinski definition) is 1. The molecule has 5 heteroatoms. The summed E-state index contributed by atoms with van der Waals surface area (Å²) in [5, 5.41) is 6.53. The highest BCUT2D eigenvalue weighted by atomic mass is 79.9. The van der Waals surface area contributed by atoms with E-state index in [0.29, 0.717) is 0 Å². The molecule has 0 aliphatic carbocycles. The summed E-state index contributed by atoms with van der Waals surface area (Å²) in [7, 11) is 1.68. The summed E-state index contributed by atoms with van der Waals surface area (Å²) in [6.07, 6.45) is 0. The third kappa shape index (κ3) is 3.03. The van der Waals surface area contributed by atoms with E-state index in [0.717, 1.165) is 38.7 Å². The van der Waals surface area contributed by atoms with Crippen molar-refractivity contribution in [3.8, 4) is 5.75 Å². The van der Waals surface area contributed by atoms with Crippen molar-refractivity contribution in [3.05, 3.63) is 38.3 Å². The highest BCUT2D eigenvalue weighted by molar-refractivity contribution is 9.10. The summed E-state index contributed by atoms with van der Waals surface area (Å²) in [6.45, 7) is 4.78. The van der Waals surface area contributed by atoms with Crippen LogP contribution in [0, 0.1) is 13.8 Å². The van der Waals surface area contributed by atoms with Gasteiger partial charge in [0.1, 0.15) is 10.8 Å². The van der Waals surface area contributed by atoms with Crippen LogP contribution in [0.15, 0.2) is 22.0 Å². The van der Waals surface area contributed by atoms with Crippen molar-refractivity contribution in [3.63, 3.8) is 0 Å². The molecule has 0 saturated carbocycles. The number of thiazole rings is 1. The van der Waals surface area contributed by atoms with E-state index < -0.39 is 0 Å². The van der Waals surface area contributed by atoms with E-state index in [1.807, 2.05) is 13.0 Å². The number of ether oxygens (including phenoxy) is 1. The average molecular weight is 327 g/mol. The number of hydrogen-bond acceptors (Lipinski definition) is 4. The fourth-order valence-electron chi connectivity index (χ4n) is 1.75. The van der Waals surface area contributed by atoms with E-state index in [9.17, 15) is 0 Å². The molecule has 2 aromatic rings. The minimum Gasteiger partial charge on any atom is -0.495 e. The Kier molecular flexibility index (Phi) is 4.24. The van der Waals surface area contributed by atoms with E-state index in [-0.39, 0.29) is 0 Å². The van der Waals surface area contributed by atoms with E-state index in [1.165, 1.54) is 0 Å². The SMILES string of the molecule is COc1cc(Br)cc(C)c1NCc1nc(C)cs1. The second kappa shape index (κ2) is 5.71. The molecule has 1 aromatic carbocycles. The molecule has 3 nitrogen and oxygen atoms in total.